The van der Waals surface area contributed by atoms with Crippen molar-refractivity contribution in [2.75, 3.05) is 12.8 Å². The molecule has 96 valence electrons. The fourth-order valence-electron chi connectivity index (χ4n) is 2.15. The monoisotopic (exact) mass is 256 g/mol. The standard InChI is InChI=1S/C12H12N6O/c1-14-11(19)9-7-4-3-6-5-15-12(13)16-8(6)10(7)18(2)17-9/h3-5H,1-2H3,(H,14,19)(H2,13,15,16). The molecular formula is C12H12N6O. The van der Waals surface area contributed by atoms with Gasteiger partial charge in [0.05, 0.1) is 5.52 Å². The molecular weight excluding hydrogens is 244 g/mol. The summed E-state index contributed by atoms with van der Waals surface area (Å²) in [6, 6.07) is 3.69. The number of nitrogens with one attached hydrogen (secondary N) is 1. The maximum absolute atomic E-state index is 11.8. The maximum atomic E-state index is 11.8. The molecule has 0 aliphatic rings. The minimum Gasteiger partial charge on any atom is -0.368 e. The molecule has 1 amide bonds. The molecule has 0 saturated carbocycles. The Kier molecular flexibility index (Phi) is 2.34. The van der Waals surface area contributed by atoms with Gasteiger partial charge in [-0.05, 0) is 6.07 Å². The van der Waals surface area contributed by atoms with E-state index < -0.39 is 0 Å². The van der Waals surface area contributed by atoms with Gasteiger partial charge in [0.25, 0.3) is 5.91 Å². The summed E-state index contributed by atoms with van der Waals surface area (Å²) in [6.07, 6.45) is 1.66. The highest BCUT2D eigenvalue weighted by atomic mass is 16.1. The number of carbonyl (C=O) groups excluding carboxylic acids is 1. The molecule has 0 atom stereocenters. The van der Waals surface area contributed by atoms with E-state index in [0.29, 0.717) is 11.2 Å². The SMILES string of the molecule is CNC(=O)c1nn(C)c2c1ccc1cnc(N)nc12. The van der Waals surface area contributed by atoms with Crippen LogP contribution in [0, 0.1) is 0 Å². The Morgan fingerprint density at radius 1 is 1.42 bits per heavy atom. The first kappa shape index (κ1) is 11.4. The van der Waals surface area contributed by atoms with Crippen molar-refractivity contribution < 1.29 is 4.79 Å². The summed E-state index contributed by atoms with van der Waals surface area (Å²) in [4.78, 5) is 20.0. The number of nitrogens with two attached hydrogens (primary N) is 1. The normalized spacial score (nSPS) is 11.1. The molecule has 7 heteroatoms. The molecule has 7 nitrogen and oxygen atoms in total. The van der Waals surface area contributed by atoms with Crippen molar-refractivity contribution in [2.45, 2.75) is 0 Å². The van der Waals surface area contributed by atoms with Gasteiger partial charge < -0.3 is 11.1 Å². The highest BCUT2D eigenvalue weighted by molar-refractivity contribution is 6.11. The van der Waals surface area contributed by atoms with Gasteiger partial charge in [0, 0.05) is 31.1 Å². The van der Waals surface area contributed by atoms with Crippen molar-refractivity contribution in [1.82, 2.24) is 25.1 Å². The number of aryl methyl sites for hydroxylation is 1. The summed E-state index contributed by atoms with van der Waals surface area (Å²) in [5.41, 5.74) is 7.46. The van der Waals surface area contributed by atoms with Crippen LogP contribution in [-0.4, -0.2) is 32.7 Å². The number of aromatic nitrogens is 4. The van der Waals surface area contributed by atoms with Gasteiger partial charge in [0.1, 0.15) is 5.52 Å². The zero-order valence-corrected chi connectivity index (χ0v) is 10.5. The van der Waals surface area contributed by atoms with Crippen molar-refractivity contribution in [3.63, 3.8) is 0 Å². The Balaban J connectivity index is 2.46. The summed E-state index contributed by atoms with van der Waals surface area (Å²) in [5.74, 6) is -0.0327. The highest BCUT2D eigenvalue weighted by Crippen LogP contribution is 2.25. The van der Waals surface area contributed by atoms with Crippen LogP contribution in [0.3, 0.4) is 0 Å². The van der Waals surface area contributed by atoms with Crippen LogP contribution in [0.15, 0.2) is 18.3 Å². The Morgan fingerprint density at radius 2 is 2.21 bits per heavy atom. The number of hydrogen-bond acceptors (Lipinski definition) is 5. The Bertz CT molecular complexity index is 807. The molecule has 0 unspecified atom stereocenters. The summed E-state index contributed by atoms with van der Waals surface area (Å²) >= 11 is 0. The van der Waals surface area contributed by atoms with E-state index >= 15 is 0 Å². The lowest BCUT2D eigenvalue weighted by Gasteiger charge is -2.01. The molecule has 19 heavy (non-hydrogen) atoms. The molecule has 3 aromatic rings. The number of fused-ring (bicyclic) bond motifs is 3. The summed E-state index contributed by atoms with van der Waals surface area (Å²) < 4.78 is 1.63. The van der Waals surface area contributed by atoms with Gasteiger partial charge in [-0.2, -0.15) is 5.10 Å². The van der Waals surface area contributed by atoms with E-state index in [0.717, 1.165) is 16.3 Å². The van der Waals surface area contributed by atoms with E-state index in [-0.39, 0.29) is 11.9 Å². The molecule has 0 aliphatic heterocycles. The topological polar surface area (TPSA) is 98.7 Å². The van der Waals surface area contributed by atoms with E-state index in [1.165, 1.54) is 0 Å². The zero-order chi connectivity index (χ0) is 13.6. The zero-order valence-electron chi connectivity index (χ0n) is 10.5. The summed E-state index contributed by atoms with van der Waals surface area (Å²) in [6.45, 7) is 0. The largest absolute Gasteiger partial charge is 0.368 e. The predicted octanol–water partition coefficient (Wildman–Crippen LogP) is 0.458. The third-order valence-corrected chi connectivity index (χ3v) is 3.02. The third kappa shape index (κ3) is 1.59. The number of carbonyl (C=O) groups is 1. The molecule has 0 bridgehead atoms. The highest BCUT2D eigenvalue weighted by Gasteiger charge is 2.17. The number of nitrogens with zero attached hydrogens (tertiary/aromatic N) is 4. The van der Waals surface area contributed by atoms with Crippen molar-refractivity contribution in [2.24, 2.45) is 7.05 Å². The van der Waals surface area contributed by atoms with Gasteiger partial charge in [-0.25, -0.2) is 9.97 Å². The van der Waals surface area contributed by atoms with Crippen LogP contribution in [0.5, 0.6) is 0 Å². The van der Waals surface area contributed by atoms with Gasteiger partial charge in [-0.1, -0.05) is 6.07 Å². The Labute approximate surface area is 108 Å². The molecule has 3 N–H and O–H groups in total. The van der Waals surface area contributed by atoms with Gasteiger partial charge in [-0.15, -0.1) is 0 Å². The number of benzene rings is 1. The number of hydrogen-bond donors (Lipinski definition) is 2. The van der Waals surface area contributed by atoms with Crippen LogP contribution in [0.4, 0.5) is 5.95 Å². The molecule has 2 aromatic heterocycles. The van der Waals surface area contributed by atoms with E-state index in [1.807, 2.05) is 12.1 Å². The van der Waals surface area contributed by atoms with Gasteiger partial charge in [0.2, 0.25) is 5.95 Å². The first-order valence-corrected chi connectivity index (χ1v) is 5.72. The third-order valence-electron chi connectivity index (χ3n) is 3.02. The van der Waals surface area contributed by atoms with Crippen molar-refractivity contribution in [1.29, 1.82) is 0 Å². The predicted molar refractivity (Wildman–Crippen MR) is 71.6 cm³/mol. The quantitative estimate of drug-likeness (QED) is 0.659. The maximum Gasteiger partial charge on any atom is 0.272 e. The lowest BCUT2D eigenvalue weighted by atomic mass is 10.1. The summed E-state index contributed by atoms with van der Waals surface area (Å²) in [7, 11) is 3.34. The molecule has 0 fully saturated rings. The number of amides is 1. The van der Waals surface area contributed by atoms with Crippen LogP contribution in [-0.2, 0) is 7.05 Å². The molecule has 3 rings (SSSR count). The lowest BCUT2D eigenvalue weighted by Crippen LogP contribution is -2.18. The number of anilines is 1. The lowest BCUT2D eigenvalue weighted by molar-refractivity contribution is 0.0959. The Morgan fingerprint density at radius 3 is 2.95 bits per heavy atom. The molecule has 1 aromatic carbocycles. The number of nitrogen functional groups attached to an aromatic ring is 1. The molecule has 0 radical (unpaired) electrons. The number of rotatable bonds is 1. The Hall–Kier alpha value is -2.70. The average Bonchev–Trinajstić information content (AvgIpc) is 2.75. The van der Waals surface area contributed by atoms with E-state index in [4.69, 9.17) is 5.73 Å². The second kappa shape index (κ2) is 3.91. The van der Waals surface area contributed by atoms with Gasteiger partial charge >= 0.3 is 0 Å². The minimum absolute atomic E-state index is 0.197. The van der Waals surface area contributed by atoms with Crippen molar-refractivity contribution >= 4 is 33.7 Å². The molecule has 0 spiro atoms. The smallest absolute Gasteiger partial charge is 0.272 e. The second-order valence-corrected chi connectivity index (χ2v) is 4.18. The summed E-state index contributed by atoms with van der Waals surface area (Å²) in [5, 5.41) is 8.42. The van der Waals surface area contributed by atoms with Crippen LogP contribution >= 0.6 is 0 Å². The second-order valence-electron chi connectivity index (χ2n) is 4.18. The van der Waals surface area contributed by atoms with Gasteiger partial charge in [-0.3, -0.25) is 9.48 Å². The van der Waals surface area contributed by atoms with Crippen LogP contribution in [0.25, 0.3) is 21.8 Å². The average molecular weight is 256 g/mol. The molecule has 0 aliphatic carbocycles. The van der Waals surface area contributed by atoms with E-state index in [2.05, 4.69) is 20.4 Å². The minimum atomic E-state index is -0.230. The first-order valence-electron chi connectivity index (χ1n) is 5.72. The molecule has 2 heterocycles. The van der Waals surface area contributed by atoms with Crippen molar-refractivity contribution in [3.8, 4) is 0 Å². The van der Waals surface area contributed by atoms with Crippen LogP contribution < -0.4 is 11.1 Å². The van der Waals surface area contributed by atoms with Gasteiger partial charge in [0.15, 0.2) is 5.69 Å². The van der Waals surface area contributed by atoms with Crippen LogP contribution in [0.2, 0.25) is 0 Å². The first-order chi connectivity index (χ1) is 9.11. The molecule has 0 saturated heterocycles. The fraction of sp³-hybridized carbons (Fsp3) is 0.167. The van der Waals surface area contributed by atoms with Crippen LogP contribution in [0.1, 0.15) is 10.5 Å². The van der Waals surface area contributed by atoms with Crippen molar-refractivity contribution in [3.05, 3.63) is 24.0 Å². The van der Waals surface area contributed by atoms with E-state index in [9.17, 15) is 4.79 Å². The fourth-order valence-corrected chi connectivity index (χ4v) is 2.15. The van der Waals surface area contributed by atoms with E-state index in [1.54, 1.807) is 25.0 Å².